The Bertz CT molecular complexity index is 993. The predicted octanol–water partition coefficient (Wildman–Crippen LogP) is 2.69. The van der Waals surface area contributed by atoms with Gasteiger partial charge < -0.3 is 19.5 Å². The largest absolute Gasteiger partial charge is 0.497 e. The number of nitrogens with one attached hydrogen (secondary N) is 1. The number of benzene rings is 2. The molecule has 2 aromatic rings. The van der Waals surface area contributed by atoms with E-state index in [2.05, 4.69) is 10.3 Å². The maximum Gasteiger partial charge on any atom is 0.242 e. The molecule has 1 N–H and O–H groups in total. The van der Waals surface area contributed by atoms with Gasteiger partial charge in [-0.25, -0.2) is 4.99 Å². The van der Waals surface area contributed by atoms with Crippen molar-refractivity contribution in [3.8, 4) is 17.2 Å². The summed E-state index contributed by atoms with van der Waals surface area (Å²) in [7, 11) is 3.16. The number of amidine groups is 1. The van der Waals surface area contributed by atoms with Crippen LogP contribution >= 0.6 is 11.8 Å². The molecule has 2 amide bonds. The summed E-state index contributed by atoms with van der Waals surface area (Å²) in [5.74, 6) is 1.74. The second-order valence-corrected chi connectivity index (χ2v) is 7.86. The van der Waals surface area contributed by atoms with Gasteiger partial charge in [-0.1, -0.05) is 17.8 Å². The molecule has 2 aliphatic heterocycles. The van der Waals surface area contributed by atoms with Crippen LogP contribution in [0, 0.1) is 0 Å². The molecule has 9 heteroatoms. The zero-order valence-corrected chi connectivity index (χ0v) is 17.4. The molecule has 0 radical (unpaired) electrons. The van der Waals surface area contributed by atoms with Crippen LogP contribution in [0.5, 0.6) is 17.2 Å². The minimum atomic E-state index is -0.518. The quantitative estimate of drug-likeness (QED) is 0.763. The van der Waals surface area contributed by atoms with Gasteiger partial charge >= 0.3 is 0 Å². The van der Waals surface area contributed by atoms with E-state index in [9.17, 15) is 9.59 Å². The predicted molar refractivity (Wildman–Crippen MR) is 113 cm³/mol. The fourth-order valence-electron chi connectivity index (χ4n) is 3.13. The van der Waals surface area contributed by atoms with Gasteiger partial charge in [0.2, 0.25) is 18.6 Å². The van der Waals surface area contributed by atoms with E-state index in [0.717, 1.165) is 11.3 Å². The summed E-state index contributed by atoms with van der Waals surface area (Å²) in [6.07, 6.45) is 0.0965. The van der Waals surface area contributed by atoms with E-state index in [1.165, 1.54) is 11.8 Å². The Morgan fingerprint density at radius 1 is 1.23 bits per heavy atom. The van der Waals surface area contributed by atoms with Crippen LogP contribution in [0.1, 0.15) is 12.0 Å². The molecule has 8 nitrogen and oxygen atoms in total. The van der Waals surface area contributed by atoms with Crippen LogP contribution in [0.15, 0.2) is 47.5 Å². The zero-order valence-electron chi connectivity index (χ0n) is 16.6. The van der Waals surface area contributed by atoms with Crippen molar-refractivity contribution in [2.45, 2.75) is 18.2 Å². The van der Waals surface area contributed by atoms with Crippen LogP contribution in [0.2, 0.25) is 0 Å². The standard InChI is InChI=1S/C21H21N3O5S/c1-22-19(25)10-18-20(26)24(11-13-3-8-16-17(9-13)29-12-28-16)21(30-18)23-14-4-6-15(27-2)7-5-14/h3-9,18H,10-12H2,1-2H3,(H,22,25)/t18-/m1/s1. The summed E-state index contributed by atoms with van der Waals surface area (Å²) in [4.78, 5) is 31.2. The molecule has 0 spiro atoms. The number of amides is 2. The second-order valence-electron chi connectivity index (χ2n) is 6.69. The normalized spacial score (nSPS) is 18.7. The highest BCUT2D eigenvalue weighted by Crippen LogP contribution is 2.36. The minimum absolute atomic E-state index is 0.0965. The average molecular weight is 427 g/mol. The van der Waals surface area contributed by atoms with Crippen LogP contribution in [-0.4, -0.2) is 48.1 Å². The molecule has 0 unspecified atom stereocenters. The molecule has 0 aliphatic carbocycles. The first-order chi connectivity index (χ1) is 14.6. The molecule has 1 fully saturated rings. The molecule has 4 rings (SSSR count). The third kappa shape index (κ3) is 4.20. The molecule has 1 atom stereocenters. The van der Waals surface area contributed by atoms with Crippen LogP contribution < -0.4 is 19.5 Å². The number of aliphatic imine (C=N–C) groups is 1. The monoisotopic (exact) mass is 427 g/mol. The van der Waals surface area contributed by atoms with E-state index >= 15 is 0 Å². The van der Waals surface area contributed by atoms with Gasteiger partial charge in [0.25, 0.3) is 0 Å². The highest BCUT2D eigenvalue weighted by Gasteiger charge is 2.39. The second kappa shape index (κ2) is 8.66. The number of hydrogen-bond acceptors (Lipinski definition) is 7. The molecule has 2 heterocycles. The van der Waals surface area contributed by atoms with Crippen molar-refractivity contribution in [2.75, 3.05) is 21.0 Å². The summed E-state index contributed by atoms with van der Waals surface area (Å²) in [6, 6.07) is 12.8. The van der Waals surface area contributed by atoms with Gasteiger partial charge in [0, 0.05) is 13.5 Å². The van der Waals surface area contributed by atoms with Crippen molar-refractivity contribution in [3.63, 3.8) is 0 Å². The fraction of sp³-hybridized carbons (Fsp3) is 0.286. The van der Waals surface area contributed by atoms with E-state index < -0.39 is 5.25 Å². The highest BCUT2D eigenvalue weighted by molar-refractivity contribution is 8.15. The van der Waals surface area contributed by atoms with Crippen molar-refractivity contribution in [1.82, 2.24) is 10.2 Å². The Morgan fingerprint density at radius 3 is 2.73 bits per heavy atom. The van der Waals surface area contributed by atoms with Gasteiger partial charge in [-0.05, 0) is 42.0 Å². The lowest BCUT2D eigenvalue weighted by Gasteiger charge is -2.17. The van der Waals surface area contributed by atoms with Crippen molar-refractivity contribution in [2.24, 2.45) is 4.99 Å². The van der Waals surface area contributed by atoms with Gasteiger partial charge in [-0.15, -0.1) is 0 Å². The summed E-state index contributed by atoms with van der Waals surface area (Å²) in [5.41, 5.74) is 1.58. The Labute approximate surface area is 178 Å². The van der Waals surface area contributed by atoms with E-state index in [4.69, 9.17) is 14.2 Å². The summed E-state index contributed by atoms with van der Waals surface area (Å²) < 4.78 is 16.0. The van der Waals surface area contributed by atoms with E-state index in [-0.39, 0.29) is 25.0 Å². The van der Waals surface area contributed by atoms with Crippen LogP contribution in [0.3, 0.4) is 0 Å². The smallest absolute Gasteiger partial charge is 0.242 e. The van der Waals surface area contributed by atoms with E-state index in [1.807, 2.05) is 42.5 Å². The first-order valence-corrected chi connectivity index (χ1v) is 10.2. The number of nitrogens with zero attached hydrogens (tertiary/aromatic N) is 2. The van der Waals surface area contributed by atoms with Gasteiger partial charge in [-0.2, -0.15) is 0 Å². The van der Waals surface area contributed by atoms with E-state index in [1.54, 1.807) is 19.1 Å². The summed E-state index contributed by atoms with van der Waals surface area (Å²) >= 11 is 1.30. The van der Waals surface area contributed by atoms with Crippen molar-refractivity contribution >= 4 is 34.4 Å². The number of methoxy groups -OCH3 is 1. The third-order valence-corrected chi connectivity index (χ3v) is 5.92. The SMILES string of the molecule is CNC(=O)C[C@H]1SC(=Nc2ccc(OC)cc2)N(Cc2ccc3c(c2)OCO3)C1=O. The Hall–Kier alpha value is -3.20. The highest BCUT2D eigenvalue weighted by atomic mass is 32.2. The number of carbonyl (C=O) groups is 2. The molecule has 2 aromatic carbocycles. The maximum atomic E-state index is 13.1. The van der Waals surface area contributed by atoms with Crippen molar-refractivity contribution < 1.29 is 23.8 Å². The van der Waals surface area contributed by atoms with E-state index in [0.29, 0.717) is 28.9 Å². The first kappa shape index (κ1) is 20.1. The Balaban J connectivity index is 1.61. The molecule has 0 aromatic heterocycles. The molecule has 0 bridgehead atoms. The van der Waals surface area contributed by atoms with Crippen LogP contribution in [0.25, 0.3) is 0 Å². The van der Waals surface area contributed by atoms with Crippen LogP contribution in [0.4, 0.5) is 5.69 Å². The average Bonchev–Trinajstić information content (AvgIpc) is 3.34. The number of thioether (sulfide) groups is 1. The summed E-state index contributed by atoms with van der Waals surface area (Å²) in [6.45, 7) is 0.511. The molecule has 1 saturated heterocycles. The molecule has 30 heavy (non-hydrogen) atoms. The fourth-order valence-corrected chi connectivity index (χ4v) is 4.29. The number of carbonyl (C=O) groups excluding carboxylic acids is 2. The number of fused-ring (bicyclic) bond motifs is 1. The minimum Gasteiger partial charge on any atom is -0.497 e. The topological polar surface area (TPSA) is 89.5 Å². The zero-order chi connectivity index (χ0) is 21.1. The molecule has 2 aliphatic rings. The molecular formula is C21H21N3O5S. The van der Waals surface area contributed by atoms with Gasteiger partial charge in [0.15, 0.2) is 16.7 Å². The Morgan fingerprint density at radius 2 is 2.00 bits per heavy atom. The third-order valence-electron chi connectivity index (χ3n) is 4.74. The number of ether oxygens (including phenoxy) is 3. The molecular weight excluding hydrogens is 406 g/mol. The summed E-state index contributed by atoms with van der Waals surface area (Å²) in [5, 5.41) is 2.61. The lowest BCUT2D eigenvalue weighted by molar-refractivity contribution is -0.129. The lowest BCUT2D eigenvalue weighted by Crippen LogP contribution is -2.33. The number of rotatable bonds is 6. The van der Waals surface area contributed by atoms with Crippen molar-refractivity contribution in [3.05, 3.63) is 48.0 Å². The Kier molecular flexibility index (Phi) is 5.80. The maximum absolute atomic E-state index is 13.1. The molecule has 156 valence electrons. The van der Waals surface area contributed by atoms with Crippen molar-refractivity contribution in [1.29, 1.82) is 0 Å². The molecule has 0 saturated carbocycles. The number of hydrogen-bond donors (Lipinski definition) is 1. The van der Waals surface area contributed by atoms with Gasteiger partial charge in [0.1, 0.15) is 11.0 Å². The van der Waals surface area contributed by atoms with Gasteiger partial charge in [-0.3, -0.25) is 14.5 Å². The first-order valence-electron chi connectivity index (χ1n) is 9.37. The van der Waals surface area contributed by atoms with Crippen LogP contribution in [-0.2, 0) is 16.1 Å². The van der Waals surface area contributed by atoms with Gasteiger partial charge in [0.05, 0.1) is 19.3 Å². The lowest BCUT2D eigenvalue weighted by atomic mass is 10.1.